The average molecular weight is 352 g/mol. The summed E-state index contributed by atoms with van der Waals surface area (Å²) in [4.78, 5) is 6.26. The normalized spacial score (nSPS) is 16.5. The summed E-state index contributed by atoms with van der Waals surface area (Å²) in [5, 5.41) is 0.285. The molecular weight excluding hydrogens is 334 g/mol. The molecule has 1 aliphatic heterocycles. The Morgan fingerprint density at radius 2 is 1.83 bits per heavy atom. The van der Waals surface area contributed by atoms with Crippen LogP contribution in [-0.2, 0) is 10.0 Å². The lowest BCUT2D eigenvalue weighted by molar-refractivity contribution is 0.385. The zero-order chi connectivity index (χ0) is 16.4. The molecule has 2 heterocycles. The first-order chi connectivity index (χ1) is 11.0. The number of halogens is 1. The van der Waals surface area contributed by atoms with Crippen molar-refractivity contribution in [2.24, 2.45) is 0 Å². The van der Waals surface area contributed by atoms with Gasteiger partial charge < -0.3 is 4.90 Å². The van der Waals surface area contributed by atoms with Crippen molar-refractivity contribution in [3.63, 3.8) is 0 Å². The van der Waals surface area contributed by atoms with Crippen LogP contribution in [0.25, 0.3) is 0 Å². The molecule has 0 unspecified atom stereocenters. The van der Waals surface area contributed by atoms with Gasteiger partial charge in [0, 0.05) is 38.1 Å². The number of sulfonamides is 1. The summed E-state index contributed by atoms with van der Waals surface area (Å²) in [6.07, 6.45) is 1.31. The van der Waals surface area contributed by atoms with Gasteiger partial charge in [-0.25, -0.2) is 13.4 Å². The summed E-state index contributed by atoms with van der Waals surface area (Å²) < 4.78 is 26.7. The maximum atomic E-state index is 12.6. The molecule has 3 rings (SSSR count). The molecule has 0 saturated carbocycles. The quantitative estimate of drug-likeness (QED) is 0.797. The van der Waals surface area contributed by atoms with E-state index < -0.39 is 10.0 Å². The van der Waals surface area contributed by atoms with Gasteiger partial charge in [-0.2, -0.15) is 4.31 Å². The Balaban J connectivity index is 1.72. The van der Waals surface area contributed by atoms with E-state index in [1.165, 1.54) is 28.2 Å². The largest absolute Gasteiger partial charge is 0.369 e. The monoisotopic (exact) mass is 351 g/mol. The van der Waals surface area contributed by atoms with E-state index in [2.05, 4.69) is 35.0 Å². The van der Waals surface area contributed by atoms with Crippen LogP contribution in [0.4, 0.5) is 5.69 Å². The molecule has 0 atom stereocenters. The second-order valence-corrected chi connectivity index (χ2v) is 7.87. The van der Waals surface area contributed by atoms with Crippen molar-refractivity contribution in [1.29, 1.82) is 0 Å². The third kappa shape index (κ3) is 3.49. The van der Waals surface area contributed by atoms with Crippen molar-refractivity contribution in [2.75, 3.05) is 31.1 Å². The van der Waals surface area contributed by atoms with Gasteiger partial charge >= 0.3 is 0 Å². The van der Waals surface area contributed by atoms with E-state index in [-0.39, 0.29) is 10.0 Å². The first-order valence-corrected chi connectivity index (χ1v) is 9.22. The van der Waals surface area contributed by atoms with Gasteiger partial charge in [0.1, 0.15) is 10.0 Å². The van der Waals surface area contributed by atoms with Crippen LogP contribution in [0.15, 0.2) is 47.5 Å². The van der Waals surface area contributed by atoms with Gasteiger partial charge in [-0.3, -0.25) is 0 Å². The highest BCUT2D eigenvalue weighted by Crippen LogP contribution is 2.22. The number of aryl methyl sites for hydroxylation is 1. The minimum atomic E-state index is -3.51. The number of hydrogen-bond acceptors (Lipinski definition) is 4. The van der Waals surface area contributed by atoms with Gasteiger partial charge in [0.05, 0.1) is 0 Å². The molecule has 0 bridgehead atoms. The Hall–Kier alpha value is -1.63. The molecule has 122 valence electrons. The van der Waals surface area contributed by atoms with Crippen LogP contribution in [0.5, 0.6) is 0 Å². The predicted molar refractivity (Wildman–Crippen MR) is 91.4 cm³/mol. The Kier molecular flexibility index (Phi) is 4.57. The zero-order valence-electron chi connectivity index (χ0n) is 12.8. The first kappa shape index (κ1) is 16.2. The van der Waals surface area contributed by atoms with Crippen molar-refractivity contribution in [3.05, 3.63) is 53.3 Å². The lowest BCUT2D eigenvalue weighted by atomic mass is 10.2. The fraction of sp³-hybridized carbons (Fsp3) is 0.312. The zero-order valence-corrected chi connectivity index (χ0v) is 14.4. The number of pyridine rings is 1. The van der Waals surface area contributed by atoms with Crippen LogP contribution in [0.2, 0.25) is 5.15 Å². The number of piperazine rings is 1. The number of nitrogens with zero attached hydrogens (tertiary/aromatic N) is 3. The summed E-state index contributed by atoms with van der Waals surface area (Å²) in [6.45, 7) is 4.31. The number of aromatic nitrogens is 1. The van der Waals surface area contributed by atoms with Gasteiger partial charge in [0.15, 0.2) is 0 Å². The molecule has 7 heteroatoms. The highest BCUT2D eigenvalue weighted by Gasteiger charge is 2.28. The molecule has 0 aliphatic carbocycles. The molecule has 0 radical (unpaired) electrons. The van der Waals surface area contributed by atoms with Crippen LogP contribution < -0.4 is 4.90 Å². The van der Waals surface area contributed by atoms with Crippen LogP contribution >= 0.6 is 11.6 Å². The minimum Gasteiger partial charge on any atom is -0.369 e. The predicted octanol–water partition coefficient (Wildman–Crippen LogP) is 2.55. The van der Waals surface area contributed by atoms with E-state index in [1.807, 2.05) is 6.07 Å². The molecule has 1 aromatic carbocycles. The lowest BCUT2D eigenvalue weighted by Gasteiger charge is -2.35. The van der Waals surface area contributed by atoms with Crippen LogP contribution in [-0.4, -0.2) is 43.9 Å². The number of hydrogen-bond donors (Lipinski definition) is 0. The van der Waals surface area contributed by atoms with E-state index in [1.54, 1.807) is 0 Å². The minimum absolute atomic E-state index is 0.186. The van der Waals surface area contributed by atoms with Gasteiger partial charge in [0.25, 0.3) is 0 Å². The van der Waals surface area contributed by atoms with E-state index in [0.29, 0.717) is 26.2 Å². The molecule has 23 heavy (non-hydrogen) atoms. The van der Waals surface area contributed by atoms with Gasteiger partial charge in [-0.1, -0.05) is 23.7 Å². The maximum absolute atomic E-state index is 12.6. The average Bonchev–Trinajstić information content (AvgIpc) is 2.55. The third-order valence-corrected chi connectivity index (χ3v) is 6.05. The van der Waals surface area contributed by atoms with E-state index >= 15 is 0 Å². The molecule has 1 aliphatic rings. The van der Waals surface area contributed by atoms with Crippen molar-refractivity contribution < 1.29 is 8.42 Å². The molecule has 1 fully saturated rings. The van der Waals surface area contributed by atoms with E-state index in [0.717, 1.165) is 5.69 Å². The Morgan fingerprint density at radius 1 is 1.09 bits per heavy atom. The lowest BCUT2D eigenvalue weighted by Crippen LogP contribution is -2.48. The Morgan fingerprint density at radius 3 is 2.43 bits per heavy atom. The Bertz CT molecular complexity index is 785. The molecule has 0 N–H and O–H groups in total. The maximum Gasteiger partial charge on any atom is 0.244 e. The molecular formula is C16H18ClN3O2S. The first-order valence-electron chi connectivity index (χ1n) is 7.40. The molecule has 1 aromatic heterocycles. The van der Waals surface area contributed by atoms with Crippen molar-refractivity contribution >= 4 is 27.3 Å². The summed E-state index contributed by atoms with van der Waals surface area (Å²) in [5.74, 6) is 0. The summed E-state index contributed by atoms with van der Waals surface area (Å²) >= 11 is 5.72. The third-order valence-electron chi connectivity index (χ3n) is 3.94. The topological polar surface area (TPSA) is 53.5 Å². The van der Waals surface area contributed by atoms with Crippen molar-refractivity contribution in [3.8, 4) is 0 Å². The summed E-state index contributed by atoms with van der Waals surface area (Å²) in [5.41, 5.74) is 2.33. The van der Waals surface area contributed by atoms with Gasteiger partial charge in [-0.15, -0.1) is 0 Å². The standard InChI is InChI=1S/C16H18ClN3O2S/c1-13-3-2-4-14(11-13)19-7-9-20(10-8-19)23(21,22)15-5-6-16(17)18-12-15/h2-6,11-12H,7-10H2,1H3. The van der Waals surface area contributed by atoms with Crippen LogP contribution in [0.1, 0.15) is 5.56 Å². The van der Waals surface area contributed by atoms with Gasteiger partial charge in [0.2, 0.25) is 10.0 Å². The van der Waals surface area contributed by atoms with E-state index in [9.17, 15) is 8.42 Å². The second-order valence-electron chi connectivity index (χ2n) is 5.55. The molecule has 0 amide bonds. The van der Waals surface area contributed by atoms with Crippen LogP contribution in [0.3, 0.4) is 0 Å². The molecule has 0 spiro atoms. The fourth-order valence-corrected chi connectivity index (χ4v) is 4.16. The highest BCUT2D eigenvalue weighted by molar-refractivity contribution is 7.89. The number of anilines is 1. The number of rotatable bonds is 3. The summed E-state index contributed by atoms with van der Waals surface area (Å²) in [6, 6.07) is 11.2. The SMILES string of the molecule is Cc1cccc(N2CCN(S(=O)(=O)c3ccc(Cl)nc3)CC2)c1. The van der Waals surface area contributed by atoms with Crippen LogP contribution in [0, 0.1) is 6.92 Å². The van der Waals surface area contributed by atoms with Crippen molar-refractivity contribution in [2.45, 2.75) is 11.8 Å². The molecule has 5 nitrogen and oxygen atoms in total. The van der Waals surface area contributed by atoms with Gasteiger partial charge in [-0.05, 0) is 36.8 Å². The highest BCUT2D eigenvalue weighted by atomic mass is 35.5. The van der Waals surface area contributed by atoms with E-state index in [4.69, 9.17) is 11.6 Å². The number of benzene rings is 1. The smallest absolute Gasteiger partial charge is 0.244 e. The summed E-state index contributed by atoms with van der Waals surface area (Å²) in [7, 11) is -3.51. The Labute approximate surface area is 141 Å². The molecule has 2 aromatic rings. The fourth-order valence-electron chi connectivity index (χ4n) is 2.68. The van der Waals surface area contributed by atoms with Crippen molar-refractivity contribution in [1.82, 2.24) is 9.29 Å². The second kappa shape index (κ2) is 6.47. The molecule has 1 saturated heterocycles.